The van der Waals surface area contributed by atoms with Gasteiger partial charge >= 0.3 is 5.97 Å². The van der Waals surface area contributed by atoms with Gasteiger partial charge in [0.15, 0.2) is 12.4 Å². The van der Waals surface area contributed by atoms with Crippen LogP contribution in [0.4, 0.5) is 0 Å². The van der Waals surface area contributed by atoms with Gasteiger partial charge in [0, 0.05) is 17.6 Å². The Balaban J connectivity index is 1.68. The molecule has 0 saturated carbocycles. The smallest absolute Gasteiger partial charge is 0.339 e. The van der Waals surface area contributed by atoms with Crippen LogP contribution in [0.3, 0.4) is 0 Å². The fourth-order valence-corrected chi connectivity index (χ4v) is 3.70. The fraction of sp³-hybridized carbons (Fsp3) is 0.450. The normalized spacial score (nSPS) is 14.0. The van der Waals surface area contributed by atoms with Crippen LogP contribution in [-0.2, 0) is 30.7 Å². The molecule has 0 N–H and O–H groups in total. The maximum Gasteiger partial charge on any atom is 0.339 e. The lowest BCUT2D eigenvalue weighted by Gasteiger charge is -2.14. The number of benzene rings is 1. The Labute approximate surface area is 157 Å². The molecule has 0 fully saturated rings. The Hall–Kier alpha value is -2.83. The van der Waals surface area contributed by atoms with Crippen molar-refractivity contribution in [1.29, 1.82) is 0 Å². The lowest BCUT2D eigenvalue weighted by molar-refractivity contribution is 0.0457. The van der Waals surface area contributed by atoms with E-state index in [0.29, 0.717) is 17.9 Å². The van der Waals surface area contributed by atoms with Crippen molar-refractivity contribution >= 4 is 16.9 Å². The number of aromatic nitrogens is 5. The van der Waals surface area contributed by atoms with Crippen molar-refractivity contribution in [2.75, 3.05) is 0 Å². The van der Waals surface area contributed by atoms with Gasteiger partial charge in [-0.05, 0) is 54.2 Å². The Morgan fingerprint density at radius 2 is 2.04 bits per heavy atom. The third-order valence-corrected chi connectivity index (χ3v) is 5.00. The number of esters is 1. The minimum Gasteiger partial charge on any atom is -0.454 e. The quantitative estimate of drug-likeness (QED) is 0.510. The molecule has 1 aromatic carbocycles. The molecule has 1 aliphatic rings. The van der Waals surface area contributed by atoms with E-state index in [2.05, 4.69) is 22.4 Å². The highest BCUT2D eigenvalue weighted by atomic mass is 16.5. The van der Waals surface area contributed by atoms with Crippen molar-refractivity contribution in [2.45, 2.75) is 58.6 Å². The number of para-hydroxylation sites is 1. The van der Waals surface area contributed by atoms with E-state index >= 15 is 0 Å². The zero-order chi connectivity index (χ0) is 18.6. The molecule has 27 heavy (non-hydrogen) atoms. The van der Waals surface area contributed by atoms with Crippen LogP contribution in [0.15, 0.2) is 24.3 Å². The number of fused-ring (bicyclic) bond motifs is 2. The molecular formula is C20H23N5O2. The number of carbonyl (C=O) groups excluding carboxylic acids is 1. The maximum atomic E-state index is 13.1. The number of hydrogen-bond acceptors (Lipinski definition) is 6. The first-order valence-electron chi connectivity index (χ1n) is 9.60. The summed E-state index contributed by atoms with van der Waals surface area (Å²) in [4.78, 5) is 17.9. The molecule has 0 amide bonds. The predicted octanol–water partition coefficient (Wildman–Crippen LogP) is 3.26. The van der Waals surface area contributed by atoms with Gasteiger partial charge in [-0.3, -0.25) is 4.98 Å². The highest BCUT2D eigenvalue weighted by Gasteiger charge is 2.23. The molecule has 2 heterocycles. The number of pyridine rings is 1. The van der Waals surface area contributed by atoms with Gasteiger partial charge in [0.2, 0.25) is 0 Å². The number of rotatable bonds is 5. The molecule has 4 rings (SSSR count). The highest BCUT2D eigenvalue weighted by Crippen LogP contribution is 2.29. The van der Waals surface area contributed by atoms with Crippen LogP contribution in [0.5, 0.6) is 0 Å². The van der Waals surface area contributed by atoms with Crippen molar-refractivity contribution in [2.24, 2.45) is 0 Å². The van der Waals surface area contributed by atoms with Gasteiger partial charge in [-0.2, -0.15) is 0 Å². The van der Waals surface area contributed by atoms with Gasteiger partial charge in [0.25, 0.3) is 0 Å². The highest BCUT2D eigenvalue weighted by molar-refractivity contribution is 6.05. The minimum atomic E-state index is -0.321. The second-order valence-electron chi connectivity index (χ2n) is 6.88. The first-order chi connectivity index (χ1) is 13.3. The van der Waals surface area contributed by atoms with Crippen LogP contribution in [-0.4, -0.2) is 31.2 Å². The summed E-state index contributed by atoms with van der Waals surface area (Å²) in [5.74, 6) is 0.243. The van der Waals surface area contributed by atoms with Crippen molar-refractivity contribution in [3.05, 3.63) is 46.9 Å². The lowest BCUT2D eigenvalue weighted by Crippen LogP contribution is -2.14. The van der Waals surface area contributed by atoms with E-state index in [9.17, 15) is 4.79 Å². The van der Waals surface area contributed by atoms with Gasteiger partial charge in [0.05, 0.1) is 11.1 Å². The van der Waals surface area contributed by atoms with Crippen LogP contribution in [0.25, 0.3) is 10.9 Å². The van der Waals surface area contributed by atoms with E-state index in [1.54, 1.807) is 4.68 Å². The molecule has 0 aliphatic heterocycles. The first kappa shape index (κ1) is 17.6. The Kier molecular flexibility index (Phi) is 5.09. The van der Waals surface area contributed by atoms with Gasteiger partial charge < -0.3 is 4.74 Å². The van der Waals surface area contributed by atoms with Crippen molar-refractivity contribution < 1.29 is 9.53 Å². The van der Waals surface area contributed by atoms with Crippen molar-refractivity contribution in [1.82, 2.24) is 25.2 Å². The standard InChI is InChI=1S/C20H23N5O2/c1-2-12-25-18(22-23-24-25)13-27-20(26)19-14-8-4-3-5-10-16(14)21-17-11-7-6-9-15(17)19/h6-7,9,11H,2-5,8,10,12-13H2,1H3. The maximum absolute atomic E-state index is 13.1. The Bertz CT molecular complexity index is 966. The molecule has 7 heteroatoms. The summed E-state index contributed by atoms with van der Waals surface area (Å²) in [5.41, 5.74) is 3.59. The van der Waals surface area contributed by atoms with Gasteiger partial charge in [-0.15, -0.1) is 5.10 Å². The SMILES string of the molecule is CCCn1nnnc1COC(=O)c1c2c(nc3ccccc13)CCCCC2. The van der Waals surface area contributed by atoms with E-state index in [-0.39, 0.29) is 12.6 Å². The number of tetrazole rings is 1. The molecule has 3 aromatic rings. The third kappa shape index (κ3) is 3.54. The average molecular weight is 365 g/mol. The molecular weight excluding hydrogens is 342 g/mol. The van der Waals surface area contributed by atoms with Gasteiger partial charge in [-0.25, -0.2) is 9.48 Å². The summed E-state index contributed by atoms with van der Waals surface area (Å²) in [6.07, 6.45) is 6.03. The molecule has 1 aliphatic carbocycles. The monoisotopic (exact) mass is 365 g/mol. The van der Waals surface area contributed by atoms with Gasteiger partial charge in [-0.1, -0.05) is 31.5 Å². The Morgan fingerprint density at radius 3 is 2.93 bits per heavy atom. The number of carbonyl (C=O) groups is 1. The molecule has 0 saturated heterocycles. The zero-order valence-electron chi connectivity index (χ0n) is 15.5. The molecule has 2 aromatic heterocycles. The first-order valence-corrected chi connectivity index (χ1v) is 9.60. The second kappa shape index (κ2) is 7.82. The molecule has 0 atom stereocenters. The summed E-state index contributed by atoms with van der Waals surface area (Å²) in [7, 11) is 0. The number of ether oxygens (including phenoxy) is 1. The van der Waals surface area contributed by atoms with Crippen LogP contribution in [0.1, 0.15) is 60.0 Å². The molecule has 140 valence electrons. The average Bonchev–Trinajstić information content (AvgIpc) is 2.99. The largest absolute Gasteiger partial charge is 0.454 e. The van der Waals surface area contributed by atoms with E-state index in [1.807, 2.05) is 24.3 Å². The van der Waals surface area contributed by atoms with E-state index in [0.717, 1.165) is 60.7 Å². The topological polar surface area (TPSA) is 82.8 Å². The second-order valence-corrected chi connectivity index (χ2v) is 6.88. The molecule has 0 unspecified atom stereocenters. The zero-order valence-corrected chi connectivity index (χ0v) is 15.5. The van der Waals surface area contributed by atoms with E-state index < -0.39 is 0 Å². The third-order valence-electron chi connectivity index (χ3n) is 5.00. The number of hydrogen-bond donors (Lipinski definition) is 0. The lowest BCUT2D eigenvalue weighted by atomic mass is 9.97. The summed E-state index contributed by atoms with van der Waals surface area (Å²) in [5, 5.41) is 12.5. The van der Waals surface area contributed by atoms with Crippen LogP contribution >= 0.6 is 0 Å². The van der Waals surface area contributed by atoms with E-state index in [4.69, 9.17) is 9.72 Å². The summed E-state index contributed by atoms with van der Waals surface area (Å²) in [6, 6.07) is 7.79. The molecule has 0 radical (unpaired) electrons. The van der Waals surface area contributed by atoms with Crippen LogP contribution < -0.4 is 0 Å². The van der Waals surface area contributed by atoms with Gasteiger partial charge in [0.1, 0.15) is 0 Å². The number of aryl methyl sites for hydroxylation is 2. The molecule has 0 bridgehead atoms. The van der Waals surface area contributed by atoms with Crippen LogP contribution in [0.2, 0.25) is 0 Å². The summed E-state index contributed by atoms with van der Waals surface area (Å²) >= 11 is 0. The Morgan fingerprint density at radius 1 is 1.19 bits per heavy atom. The van der Waals surface area contributed by atoms with Crippen LogP contribution in [0, 0.1) is 0 Å². The van der Waals surface area contributed by atoms with Crippen molar-refractivity contribution in [3.63, 3.8) is 0 Å². The predicted molar refractivity (Wildman–Crippen MR) is 100 cm³/mol. The van der Waals surface area contributed by atoms with Crippen molar-refractivity contribution in [3.8, 4) is 0 Å². The molecule has 7 nitrogen and oxygen atoms in total. The summed E-state index contributed by atoms with van der Waals surface area (Å²) in [6.45, 7) is 2.82. The minimum absolute atomic E-state index is 0.0667. The molecule has 0 spiro atoms. The number of nitrogens with zero attached hydrogens (tertiary/aromatic N) is 5. The van der Waals surface area contributed by atoms with E-state index in [1.165, 1.54) is 0 Å². The summed E-state index contributed by atoms with van der Waals surface area (Å²) < 4.78 is 7.32. The fourth-order valence-electron chi connectivity index (χ4n) is 3.70.